The molecule has 4 heteroatoms. The van der Waals surface area contributed by atoms with Gasteiger partial charge in [0.25, 0.3) is 0 Å². The van der Waals surface area contributed by atoms with Crippen molar-refractivity contribution in [3.8, 4) is 0 Å². The Morgan fingerprint density at radius 2 is 1.89 bits per heavy atom. The Morgan fingerprint density at radius 3 is 2.61 bits per heavy atom. The second-order valence-electron chi connectivity index (χ2n) is 4.05. The smallest absolute Gasteiger partial charge is 0.128 e. The van der Waals surface area contributed by atoms with Crippen LogP contribution in [0.5, 0.6) is 0 Å². The summed E-state index contributed by atoms with van der Waals surface area (Å²) in [6, 6.07) is 9.91. The summed E-state index contributed by atoms with van der Waals surface area (Å²) in [5.41, 5.74) is 1.14. The predicted molar refractivity (Wildman–Crippen MR) is 74.6 cm³/mol. The molecule has 2 aromatic heterocycles. The zero-order valence-electron chi connectivity index (χ0n) is 10.6. The maximum atomic E-state index is 4.48. The highest BCUT2D eigenvalue weighted by atomic mass is 15.1. The van der Waals surface area contributed by atoms with Crippen molar-refractivity contribution in [1.29, 1.82) is 0 Å². The second-order valence-corrected chi connectivity index (χ2v) is 4.05. The summed E-state index contributed by atoms with van der Waals surface area (Å²) in [4.78, 5) is 8.56. The molecule has 0 saturated heterocycles. The van der Waals surface area contributed by atoms with Crippen molar-refractivity contribution < 1.29 is 0 Å². The van der Waals surface area contributed by atoms with E-state index in [-0.39, 0.29) is 0 Å². The molecule has 0 amide bonds. The summed E-state index contributed by atoms with van der Waals surface area (Å²) < 4.78 is 0. The van der Waals surface area contributed by atoms with Crippen molar-refractivity contribution in [3.63, 3.8) is 0 Å². The van der Waals surface area contributed by atoms with Crippen molar-refractivity contribution in [1.82, 2.24) is 9.97 Å². The van der Waals surface area contributed by atoms with Gasteiger partial charge in [0.05, 0.1) is 0 Å². The van der Waals surface area contributed by atoms with Gasteiger partial charge < -0.3 is 10.6 Å². The lowest BCUT2D eigenvalue weighted by Gasteiger charge is -2.08. The van der Waals surface area contributed by atoms with E-state index in [1.165, 1.54) is 0 Å². The molecule has 0 aliphatic carbocycles. The lowest BCUT2D eigenvalue weighted by molar-refractivity contribution is 0.968. The van der Waals surface area contributed by atoms with Gasteiger partial charge in [0.15, 0.2) is 0 Å². The number of anilines is 2. The molecule has 0 bridgehead atoms. The van der Waals surface area contributed by atoms with Crippen LogP contribution in [0.2, 0.25) is 0 Å². The van der Waals surface area contributed by atoms with Crippen LogP contribution in [0.25, 0.3) is 0 Å². The quantitative estimate of drug-likeness (QED) is 0.817. The van der Waals surface area contributed by atoms with Gasteiger partial charge in [-0.3, -0.25) is 4.98 Å². The highest BCUT2D eigenvalue weighted by Crippen LogP contribution is 2.10. The highest BCUT2D eigenvalue weighted by molar-refractivity contribution is 5.45. The van der Waals surface area contributed by atoms with Gasteiger partial charge >= 0.3 is 0 Å². The fourth-order valence-electron chi connectivity index (χ4n) is 1.58. The Balaban J connectivity index is 1.93. The average Bonchev–Trinajstić information content (AvgIpc) is 2.44. The van der Waals surface area contributed by atoms with Crippen LogP contribution in [-0.2, 0) is 6.54 Å². The van der Waals surface area contributed by atoms with Crippen LogP contribution in [0.4, 0.5) is 11.6 Å². The van der Waals surface area contributed by atoms with Crippen LogP contribution in [0.1, 0.15) is 18.9 Å². The maximum Gasteiger partial charge on any atom is 0.128 e. The third kappa shape index (κ3) is 3.73. The zero-order valence-corrected chi connectivity index (χ0v) is 10.6. The normalized spacial score (nSPS) is 10.1. The molecule has 2 heterocycles. The largest absolute Gasteiger partial charge is 0.370 e. The molecule has 18 heavy (non-hydrogen) atoms. The third-order valence-corrected chi connectivity index (χ3v) is 2.50. The van der Waals surface area contributed by atoms with Crippen LogP contribution >= 0.6 is 0 Å². The average molecular weight is 242 g/mol. The maximum absolute atomic E-state index is 4.48. The van der Waals surface area contributed by atoms with Gasteiger partial charge in [-0.05, 0) is 30.2 Å². The van der Waals surface area contributed by atoms with Crippen LogP contribution in [0, 0.1) is 0 Å². The molecule has 0 radical (unpaired) electrons. The summed E-state index contributed by atoms with van der Waals surface area (Å²) in [7, 11) is 0. The zero-order chi connectivity index (χ0) is 12.6. The van der Waals surface area contributed by atoms with Gasteiger partial charge in [0.2, 0.25) is 0 Å². The van der Waals surface area contributed by atoms with E-state index in [0.29, 0.717) is 0 Å². The summed E-state index contributed by atoms with van der Waals surface area (Å²) in [5, 5.41) is 6.56. The van der Waals surface area contributed by atoms with Crippen molar-refractivity contribution in [2.75, 3.05) is 17.2 Å². The first-order valence-corrected chi connectivity index (χ1v) is 6.22. The van der Waals surface area contributed by atoms with E-state index >= 15 is 0 Å². The van der Waals surface area contributed by atoms with Gasteiger partial charge in [-0.25, -0.2) is 4.98 Å². The van der Waals surface area contributed by atoms with Crippen molar-refractivity contribution in [2.24, 2.45) is 0 Å². The predicted octanol–water partition coefficient (Wildman–Crippen LogP) is 2.91. The van der Waals surface area contributed by atoms with Gasteiger partial charge in [-0.1, -0.05) is 19.1 Å². The van der Waals surface area contributed by atoms with E-state index < -0.39 is 0 Å². The Hall–Kier alpha value is -2.10. The first-order valence-electron chi connectivity index (χ1n) is 6.22. The minimum atomic E-state index is 0.734. The van der Waals surface area contributed by atoms with Crippen LogP contribution < -0.4 is 10.6 Å². The van der Waals surface area contributed by atoms with Crippen molar-refractivity contribution in [3.05, 3.63) is 48.3 Å². The summed E-state index contributed by atoms with van der Waals surface area (Å²) in [6.07, 6.45) is 4.72. The van der Waals surface area contributed by atoms with Crippen LogP contribution in [-0.4, -0.2) is 16.5 Å². The summed E-state index contributed by atoms with van der Waals surface area (Å²) in [5.74, 6) is 1.79. The number of hydrogen-bond acceptors (Lipinski definition) is 4. The number of nitrogens with one attached hydrogen (secondary N) is 2. The molecule has 0 unspecified atom stereocenters. The molecule has 2 N–H and O–H groups in total. The molecule has 0 aliphatic rings. The lowest BCUT2D eigenvalue weighted by Crippen LogP contribution is -2.05. The molecule has 0 aliphatic heterocycles. The summed E-state index contributed by atoms with van der Waals surface area (Å²) in [6.45, 7) is 3.81. The fraction of sp³-hybridized carbons (Fsp3) is 0.286. The highest BCUT2D eigenvalue weighted by Gasteiger charge is 1.97. The Kier molecular flexibility index (Phi) is 4.53. The standard InChI is InChI=1S/C14H18N4/c1-2-8-16-13-6-3-7-14(18-13)17-11-12-5-4-9-15-10-12/h3-7,9-10H,2,8,11H2,1H3,(H2,16,17,18). The van der Waals surface area contributed by atoms with E-state index in [4.69, 9.17) is 0 Å². The Labute approximate surface area is 107 Å². The van der Waals surface area contributed by atoms with E-state index in [2.05, 4.69) is 27.5 Å². The molecule has 0 saturated carbocycles. The molecule has 2 rings (SSSR count). The second kappa shape index (κ2) is 6.59. The SMILES string of the molecule is CCCNc1cccc(NCc2cccnc2)n1. The Bertz CT molecular complexity index is 470. The number of pyridine rings is 2. The van der Waals surface area contributed by atoms with Gasteiger partial charge in [-0.15, -0.1) is 0 Å². The monoisotopic (exact) mass is 242 g/mol. The molecule has 4 nitrogen and oxygen atoms in total. The van der Waals surface area contributed by atoms with Crippen molar-refractivity contribution in [2.45, 2.75) is 19.9 Å². The topological polar surface area (TPSA) is 49.8 Å². The molecular weight excluding hydrogens is 224 g/mol. The molecule has 0 fully saturated rings. The van der Waals surface area contributed by atoms with Crippen LogP contribution in [0.3, 0.4) is 0 Å². The fourth-order valence-corrected chi connectivity index (χ4v) is 1.58. The molecule has 0 aromatic carbocycles. The first kappa shape index (κ1) is 12.4. The Morgan fingerprint density at radius 1 is 1.06 bits per heavy atom. The van der Waals surface area contributed by atoms with Crippen LogP contribution in [0.15, 0.2) is 42.7 Å². The van der Waals surface area contributed by atoms with Gasteiger partial charge in [0.1, 0.15) is 11.6 Å². The molecule has 0 spiro atoms. The molecular formula is C14H18N4. The van der Waals surface area contributed by atoms with Gasteiger partial charge in [0, 0.05) is 25.5 Å². The molecule has 94 valence electrons. The summed E-state index contributed by atoms with van der Waals surface area (Å²) >= 11 is 0. The first-order chi connectivity index (χ1) is 8.88. The molecule has 0 atom stereocenters. The van der Waals surface area contributed by atoms with Gasteiger partial charge in [-0.2, -0.15) is 0 Å². The van der Waals surface area contributed by atoms with E-state index in [9.17, 15) is 0 Å². The number of nitrogens with zero attached hydrogens (tertiary/aromatic N) is 2. The third-order valence-electron chi connectivity index (χ3n) is 2.50. The minimum Gasteiger partial charge on any atom is -0.370 e. The molecule has 2 aromatic rings. The lowest BCUT2D eigenvalue weighted by atomic mass is 10.3. The number of hydrogen-bond donors (Lipinski definition) is 2. The van der Waals surface area contributed by atoms with E-state index in [1.54, 1.807) is 6.20 Å². The number of aromatic nitrogens is 2. The van der Waals surface area contributed by atoms with E-state index in [0.717, 1.165) is 36.7 Å². The van der Waals surface area contributed by atoms with Crippen molar-refractivity contribution >= 4 is 11.6 Å². The minimum absolute atomic E-state index is 0.734. The number of rotatable bonds is 6. The van der Waals surface area contributed by atoms with E-state index in [1.807, 2.05) is 36.5 Å².